The van der Waals surface area contributed by atoms with Gasteiger partial charge in [0.1, 0.15) is 11.6 Å². The van der Waals surface area contributed by atoms with E-state index in [1.54, 1.807) is 4.90 Å². The molecule has 130 valence electrons. The molecule has 3 rings (SSSR count). The molecule has 0 unspecified atom stereocenters. The van der Waals surface area contributed by atoms with Crippen LogP contribution in [0.2, 0.25) is 0 Å². The SMILES string of the molecule is CC(C)(C)OC(=O)N1CCN(Cc2nnc(C3CC3)o2)[C@H](C#N)C1. The van der Waals surface area contributed by atoms with Crippen molar-refractivity contribution in [3.8, 4) is 6.07 Å². The van der Waals surface area contributed by atoms with Gasteiger partial charge in [-0.2, -0.15) is 5.26 Å². The molecule has 1 aliphatic carbocycles. The molecule has 8 nitrogen and oxygen atoms in total. The summed E-state index contributed by atoms with van der Waals surface area (Å²) < 4.78 is 11.0. The van der Waals surface area contributed by atoms with Gasteiger partial charge in [0.15, 0.2) is 0 Å². The Kier molecular flexibility index (Phi) is 4.45. The van der Waals surface area contributed by atoms with Crippen LogP contribution in [0.5, 0.6) is 0 Å². The smallest absolute Gasteiger partial charge is 0.410 e. The van der Waals surface area contributed by atoms with Gasteiger partial charge in [0.25, 0.3) is 0 Å². The second kappa shape index (κ2) is 6.40. The standard InChI is InChI=1S/C16H23N5O3/c1-16(2,3)24-15(22)21-7-6-20(12(8-17)9-21)10-13-18-19-14(23-13)11-4-5-11/h11-12H,4-7,9-10H2,1-3H3/t12-/m1/s1. The maximum absolute atomic E-state index is 12.2. The zero-order chi connectivity index (χ0) is 17.3. The number of aromatic nitrogens is 2. The van der Waals surface area contributed by atoms with Gasteiger partial charge in [-0.25, -0.2) is 4.79 Å². The van der Waals surface area contributed by atoms with E-state index in [1.807, 2.05) is 25.7 Å². The van der Waals surface area contributed by atoms with Crippen molar-refractivity contribution >= 4 is 6.09 Å². The topological polar surface area (TPSA) is 95.5 Å². The van der Waals surface area contributed by atoms with Crippen LogP contribution in [-0.4, -0.2) is 57.4 Å². The molecular formula is C16H23N5O3. The van der Waals surface area contributed by atoms with Crippen LogP contribution in [0.1, 0.15) is 51.3 Å². The van der Waals surface area contributed by atoms with Crippen molar-refractivity contribution in [3.63, 3.8) is 0 Å². The summed E-state index contributed by atoms with van der Waals surface area (Å²) in [6.45, 7) is 7.31. The second-order valence-corrected chi connectivity index (χ2v) is 7.35. The zero-order valence-corrected chi connectivity index (χ0v) is 14.4. The highest BCUT2D eigenvalue weighted by Crippen LogP contribution is 2.39. The average molecular weight is 333 g/mol. The maximum Gasteiger partial charge on any atom is 0.410 e. The number of rotatable bonds is 3. The van der Waals surface area contributed by atoms with E-state index in [2.05, 4.69) is 16.3 Å². The Hall–Kier alpha value is -2.14. The minimum atomic E-state index is -0.542. The normalized spacial score (nSPS) is 22.2. The van der Waals surface area contributed by atoms with Crippen molar-refractivity contribution in [2.75, 3.05) is 19.6 Å². The van der Waals surface area contributed by atoms with Crippen LogP contribution in [0, 0.1) is 11.3 Å². The number of piperazine rings is 1. The fraction of sp³-hybridized carbons (Fsp3) is 0.750. The Balaban J connectivity index is 1.58. The van der Waals surface area contributed by atoms with E-state index < -0.39 is 11.6 Å². The van der Waals surface area contributed by atoms with Crippen LogP contribution >= 0.6 is 0 Å². The summed E-state index contributed by atoms with van der Waals surface area (Å²) in [7, 11) is 0. The first kappa shape index (κ1) is 16.7. The van der Waals surface area contributed by atoms with Crippen LogP contribution in [-0.2, 0) is 11.3 Å². The molecule has 1 atom stereocenters. The molecule has 1 saturated carbocycles. The maximum atomic E-state index is 12.2. The van der Waals surface area contributed by atoms with E-state index in [0.717, 1.165) is 12.8 Å². The van der Waals surface area contributed by atoms with E-state index in [-0.39, 0.29) is 6.09 Å². The first-order chi connectivity index (χ1) is 11.4. The van der Waals surface area contributed by atoms with Gasteiger partial charge < -0.3 is 14.1 Å². The second-order valence-electron chi connectivity index (χ2n) is 7.35. The molecule has 0 radical (unpaired) electrons. The first-order valence-corrected chi connectivity index (χ1v) is 8.29. The number of nitrogens with zero attached hydrogens (tertiary/aromatic N) is 5. The molecule has 8 heteroatoms. The predicted molar refractivity (Wildman–Crippen MR) is 83.9 cm³/mol. The molecule has 1 aromatic rings. The molecule has 1 aliphatic heterocycles. The van der Waals surface area contributed by atoms with Crippen LogP contribution in [0.3, 0.4) is 0 Å². The average Bonchev–Trinajstić information content (AvgIpc) is 3.26. The quantitative estimate of drug-likeness (QED) is 0.833. The number of ether oxygens (including phenoxy) is 1. The van der Waals surface area contributed by atoms with Crippen molar-refractivity contribution in [3.05, 3.63) is 11.8 Å². The summed E-state index contributed by atoms with van der Waals surface area (Å²) in [6.07, 6.45) is 1.84. The largest absolute Gasteiger partial charge is 0.444 e. The Morgan fingerprint density at radius 2 is 2.12 bits per heavy atom. The molecule has 0 spiro atoms. The van der Waals surface area contributed by atoms with Crippen molar-refractivity contribution in [1.29, 1.82) is 5.26 Å². The third-order valence-electron chi connectivity index (χ3n) is 4.04. The Morgan fingerprint density at radius 1 is 1.38 bits per heavy atom. The summed E-state index contributed by atoms with van der Waals surface area (Å²) in [6, 6.07) is 1.84. The predicted octanol–water partition coefficient (Wildman–Crippen LogP) is 1.89. The number of carbonyl (C=O) groups is 1. The highest BCUT2D eigenvalue weighted by molar-refractivity contribution is 5.68. The van der Waals surface area contributed by atoms with E-state index in [1.165, 1.54) is 0 Å². The van der Waals surface area contributed by atoms with Crippen molar-refractivity contribution in [2.45, 2.75) is 57.7 Å². The summed E-state index contributed by atoms with van der Waals surface area (Å²) in [5.41, 5.74) is -0.542. The highest BCUT2D eigenvalue weighted by atomic mass is 16.6. The number of carbonyl (C=O) groups excluding carboxylic acids is 1. The number of amides is 1. The number of nitriles is 1. The number of hydrogen-bond acceptors (Lipinski definition) is 7. The lowest BCUT2D eigenvalue weighted by molar-refractivity contribution is 0.00743. The lowest BCUT2D eigenvalue weighted by Gasteiger charge is -2.37. The van der Waals surface area contributed by atoms with Gasteiger partial charge in [-0.15, -0.1) is 10.2 Å². The van der Waals surface area contributed by atoms with Gasteiger partial charge in [-0.1, -0.05) is 0 Å². The van der Waals surface area contributed by atoms with Crippen LogP contribution in [0.4, 0.5) is 4.79 Å². The fourth-order valence-electron chi connectivity index (χ4n) is 2.62. The number of hydrogen-bond donors (Lipinski definition) is 0. The van der Waals surface area contributed by atoms with E-state index in [9.17, 15) is 10.1 Å². The van der Waals surface area contributed by atoms with E-state index in [0.29, 0.717) is 43.9 Å². The third kappa shape index (κ3) is 4.03. The molecule has 0 N–H and O–H groups in total. The summed E-state index contributed by atoms with van der Waals surface area (Å²) in [5.74, 6) is 1.65. The minimum Gasteiger partial charge on any atom is -0.444 e. The molecule has 1 aromatic heterocycles. The lowest BCUT2D eigenvalue weighted by Crippen LogP contribution is -2.54. The molecule has 24 heavy (non-hydrogen) atoms. The molecule has 1 saturated heterocycles. The molecule has 0 aromatic carbocycles. The summed E-state index contributed by atoms with van der Waals surface area (Å²) >= 11 is 0. The van der Waals surface area contributed by atoms with Gasteiger partial charge in [0, 0.05) is 19.0 Å². The van der Waals surface area contributed by atoms with Crippen LogP contribution < -0.4 is 0 Å². The Morgan fingerprint density at radius 3 is 2.75 bits per heavy atom. The van der Waals surface area contributed by atoms with Crippen molar-refractivity contribution in [2.24, 2.45) is 0 Å². The summed E-state index contributed by atoms with van der Waals surface area (Å²) in [4.78, 5) is 15.7. The van der Waals surface area contributed by atoms with Crippen LogP contribution in [0.25, 0.3) is 0 Å². The van der Waals surface area contributed by atoms with Crippen molar-refractivity contribution in [1.82, 2.24) is 20.0 Å². The Labute approximate surface area is 141 Å². The minimum absolute atomic E-state index is 0.315. The fourth-order valence-corrected chi connectivity index (χ4v) is 2.62. The molecule has 0 bridgehead atoms. The van der Waals surface area contributed by atoms with Gasteiger partial charge >= 0.3 is 6.09 Å². The van der Waals surface area contributed by atoms with Gasteiger partial charge in [0.05, 0.1) is 19.2 Å². The third-order valence-corrected chi connectivity index (χ3v) is 4.04. The van der Waals surface area contributed by atoms with Gasteiger partial charge in [0.2, 0.25) is 11.8 Å². The molecule has 2 heterocycles. The first-order valence-electron chi connectivity index (χ1n) is 8.29. The molecule has 1 amide bonds. The van der Waals surface area contributed by atoms with Crippen molar-refractivity contribution < 1.29 is 13.9 Å². The van der Waals surface area contributed by atoms with E-state index in [4.69, 9.17) is 9.15 Å². The molecule has 2 fully saturated rings. The monoisotopic (exact) mass is 333 g/mol. The molecule has 2 aliphatic rings. The van der Waals surface area contributed by atoms with Gasteiger partial charge in [-0.05, 0) is 33.6 Å². The zero-order valence-electron chi connectivity index (χ0n) is 14.4. The van der Waals surface area contributed by atoms with Crippen LogP contribution in [0.15, 0.2) is 4.42 Å². The highest BCUT2D eigenvalue weighted by Gasteiger charge is 2.34. The van der Waals surface area contributed by atoms with Gasteiger partial charge in [-0.3, -0.25) is 4.90 Å². The molecular weight excluding hydrogens is 310 g/mol. The van der Waals surface area contributed by atoms with E-state index >= 15 is 0 Å². The lowest BCUT2D eigenvalue weighted by atomic mass is 10.2. The Bertz CT molecular complexity index is 641. The summed E-state index contributed by atoms with van der Waals surface area (Å²) in [5, 5.41) is 17.6.